The van der Waals surface area contributed by atoms with Crippen LogP contribution in [0.4, 0.5) is 0 Å². The highest BCUT2D eigenvalue weighted by atomic mass is 32.2. The van der Waals surface area contributed by atoms with Crippen molar-refractivity contribution in [2.75, 3.05) is 13.6 Å². The smallest absolute Gasteiger partial charge is 0.279 e. The molecule has 0 atom stereocenters. The second-order valence-corrected chi connectivity index (χ2v) is 7.62. The SMILES string of the molecule is CN(CC1CC1)S(=O)(=O)NCc1ccc2c(c1)CNC2. The van der Waals surface area contributed by atoms with Gasteiger partial charge >= 0.3 is 0 Å². The van der Waals surface area contributed by atoms with E-state index in [4.69, 9.17) is 0 Å². The summed E-state index contributed by atoms with van der Waals surface area (Å²) in [5, 5.41) is 3.29. The van der Waals surface area contributed by atoms with Crippen molar-refractivity contribution in [2.45, 2.75) is 32.5 Å². The van der Waals surface area contributed by atoms with Gasteiger partial charge in [-0.25, -0.2) is 0 Å². The molecule has 0 spiro atoms. The van der Waals surface area contributed by atoms with E-state index in [2.05, 4.69) is 22.2 Å². The number of hydrogen-bond donors (Lipinski definition) is 2. The fraction of sp³-hybridized carbons (Fsp3) is 0.571. The van der Waals surface area contributed by atoms with Crippen LogP contribution in [0, 0.1) is 5.92 Å². The lowest BCUT2D eigenvalue weighted by atomic mass is 10.1. The number of nitrogens with zero attached hydrogens (tertiary/aromatic N) is 1. The van der Waals surface area contributed by atoms with Crippen molar-refractivity contribution in [1.29, 1.82) is 0 Å². The molecule has 1 aromatic rings. The molecule has 1 heterocycles. The van der Waals surface area contributed by atoms with Gasteiger partial charge in [0.05, 0.1) is 0 Å². The molecule has 1 aromatic carbocycles. The van der Waals surface area contributed by atoms with Gasteiger partial charge in [-0.3, -0.25) is 0 Å². The maximum absolute atomic E-state index is 12.1. The van der Waals surface area contributed by atoms with Crippen LogP contribution in [0.1, 0.15) is 29.5 Å². The van der Waals surface area contributed by atoms with Crippen molar-refractivity contribution in [3.8, 4) is 0 Å². The molecule has 1 saturated carbocycles. The standard InChI is InChI=1S/C14H21N3O2S/c1-17(10-11-2-3-11)20(18,19)16-7-12-4-5-13-8-15-9-14(13)6-12/h4-6,11,15-16H,2-3,7-10H2,1H3. The molecule has 0 bridgehead atoms. The molecule has 1 aliphatic heterocycles. The molecule has 0 radical (unpaired) electrons. The zero-order valence-electron chi connectivity index (χ0n) is 11.7. The lowest BCUT2D eigenvalue weighted by Gasteiger charge is -2.17. The van der Waals surface area contributed by atoms with Gasteiger partial charge in [-0.1, -0.05) is 18.2 Å². The van der Waals surface area contributed by atoms with Gasteiger partial charge in [-0.2, -0.15) is 17.4 Å². The minimum Gasteiger partial charge on any atom is -0.309 e. The fourth-order valence-electron chi connectivity index (χ4n) is 2.50. The van der Waals surface area contributed by atoms with Crippen LogP contribution in [0.5, 0.6) is 0 Å². The summed E-state index contributed by atoms with van der Waals surface area (Å²) in [5.41, 5.74) is 3.59. The Morgan fingerprint density at radius 3 is 2.80 bits per heavy atom. The van der Waals surface area contributed by atoms with Crippen LogP contribution in [0.2, 0.25) is 0 Å². The highest BCUT2D eigenvalue weighted by Crippen LogP contribution is 2.29. The maximum Gasteiger partial charge on any atom is 0.279 e. The first-order valence-electron chi connectivity index (χ1n) is 7.07. The Bertz CT molecular complexity index is 596. The molecule has 1 aliphatic carbocycles. The topological polar surface area (TPSA) is 61.4 Å². The van der Waals surface area contributed by atoms with E-state index in [-0.39, 0.29) is 0 Å². The molecule has 0 aromatic heterocycles. The van der Waals surface area contributed by atoms with E-state index in [0.717, 1.165) is 31.5 Å². The quantitative estimate of drug-likeness (QED) is 0.822. The summed E-state index contributed by atoms with van der Waals surface area (Å²) in [7, 11) is -1.71. The van der Waals surface area contributed by atoms with E-state index in [0.29, 0.717) is 19.0 Å². The third-order valence-electron chi connectivity index (χ3n) is 3.98. The van der Waals surface area contributed by atoms with Gasteiger partial charge in [0.25, 0.3) is 10.2 Å². The zero-order chi connectivity index (χ0) is 14.2. The minimum atomic E-state index is -3.36. The fourth-order valence-corrected chi connectivity index (χ4v) is 3.48. The van der Waals surface area contributed by atoms with E-state index in [1.807, 2.05) is 6.07 Å². The predicted octanol–water partition coefficient (Wildman–Crippen LogP) is 0.966. The Hall–Kier alpha value is -0.950. The van der Waals surface area contributed by atoms with Crippen molar-refractivity contribution >= 4 is 10.2 Å². The summed E-state index contributed by atoms with van der Waals surface area (Å²) in [4.78, 5) is 0. The van der Waals surface area contributed by atoms with Crippen molar-refractivity contribution in [3.63, 3.8) is 0 Å². The van der Waals surface area contributed by atoms with E-state index in [1.54, 1.807) is 7.05 Å². The predicted molar refractivity (Wildman–Crippen MR) is 78.1 cm³/mol. The zero-order valence-corrected chi connectivity index (χ0v) is 12.5. The Morgan fingerprint density at radius 1 is 1.30 bits per heavy atom. The lowest BCUT2D eigenvalue weighted by molar-refractivity contribution is 0.442. The second kappa shape index (κ2) is 5.44. The third kappa shape index (κ3) is 3.20. The second-order valence-electron chi connectivity index (χ2n) is 5.76. The number of nitrogens with one attached hydrogen (secondary N) is 2. The molecule has 0 amide bonds. The van der Waals surface area contributed by atoms with E-state index in [9.17, 15) is 8.42 Å². The van der Waals surface area contributed by atoms with Crippen molar-refractivity contribution < 1.29 is 8.42 Å². The molecule has 6 heteroatoms. The Morgan fingerprint density at radius 2 is 2.05 bits per heavy atom. The highest BCUT2D eigenvalue weighted by Gasteiger charge is 2.27. The number of fused-ring (bicyclic) bond motifs is 1. The monoisotopic (exact) mass is 295 g/mol. The van der Waals surface area contributed by atoms with Gasteiger partial charge in [0.2, 0.25) is 0 Å². The number of rotatable bonds is 6. The van der Waals surface area contributed by atoms with Gasteiger partial charge in [0.1, 0.15) is 0 Å². The highest BCUT2D eigenvalue weighted by molar-refractivity contribution is 7.87. The van der Waals surface area contributed by atoms with Gasteiger partial charge in [0, 0.05) is 33.2 Å². The molecule has 2 aliphatic rings. The molecule has 1 fully saturated rings. The van der Waals surface area contributed by atoms with Crippen LogP contribution >= 0.6 is 0 Å². The summed E-state index contributed by atoms with van der Waals surface area (Å²) in [6, 6.07) is 6.15. The Balaban J connectivity index is 1.60. The third-order valence-corrected chi connectivity index (χ3v) is 5.46. The van der Waals surface area contributed by atoms with Crippen LogP contribution in [0.3, 0.4) is 0 Å². The summed E-state index contributed by atoms with van der Waals surface area (Å²) in [6.45, 7) is 2.76. The molecule has 0 unspecified atom stereocenters. The van der Waals surface area contributed by atoms with Crippen LogP contribution < -0.4 is 10.0 Å². The van der Waals surface area contributed by atoms with Crippen LogP contribution in [0.15, 0.2) is 18.2 Å². The maximum atomic E-state index is 12.1. The average Bonchev–Trinajstić information content (AvgIpc) is 3.11. The lowest BCUT2D eigenvalue weighted by Crippen LogP contribution is -2.38. The van der Waals surface area contributed by atoms with E-state index >= 15 is 0 Å². The van der Waals surface area contributed by atoms with Crippen LogP contribution in [-0.2, 0) is 29.8 Å². The average molecular weight is 295 g/mol. The number of benzene rings is 1. The molecule has 20 heavy (non-hydrogen) atoms. The van der Waals surface area contributed by atoms with Gasteiger partial charge in [0.15, 0.2) is 0 Å². The van der Waals surface area contributed by atoms with Crippen molar-refractivity contribution in [1.82, 2.24) is 14.3 Å². The van der Waals surface area contributed by atoms with E-state index in [1.165, 1.54) is 15.4 Å². The van der Waals surface area contributed by atoms with Gasteiger partial charge in [-0.05, 0) is 35.4 Å². The molecule has 3 rings (SSSR count). The van der Waals surface area contributed by atoms with Crippen LogP contribution in [0.25, 0.3) is 0 Å². The summed E-state index contributed by atoms with van der Waals surface area (Å²) in [5.74, 6) is 0.558. The summed E-state index contributed by atoms with van der Waals surface area (Å²) >= 11 is 0. The largest absolute Gasteiger partial charge is 0.309 e. The normalized spacial score (nSPS) is 18.5. The molecule has 0 saturated heterocycles. The Labute approximate surface area is 120 Å². The Kier molecular flexibility index (Phi) is 3.81. The molecular weight excluding hydrogens is 274 g/mol. The summed E-state index contributed by atoms with van der Waals surface area (Å²) in [6.07, 6.45) is 2.30. The van der Waals surface area contributed by atoms with Gasteiger partial charge < -0.3 is 5.32 Å². The first-order chi connectivity index (χ1) is 9.54. The van der Waals surface area contributed by atoms with Crippen molar-refractivity contribution in [2.24, 2.45) is 5.92 Å². The minimum absolute atomic E-state index is 0.352. The van der Waals surface area contributed by atoms with Crippen molar-refractivity contribution in [3.05, 3.63) is 34.9 Å². The molecule has 110 valence electrons. The first kappa shape index (κ1) is 14.0. The van der Waals surface area contributed by atoms with Gasteiger partial charge in [-0.15, -0.1) is 0 Å². The van der Waals surface area contributed by atoms with Crippen LogP contribution in [-0.4, -0.2) is 26.3 Å². The molecule has 2 N–H and O–H groups in total. The molecule has 5 nitrogen and oxygen atoms in total. The first-order valence-corrected chi connectivity index (χ1v) is 8.51. The number of hydrogen-bond acceptors (Lipinski definition) is 3. The molecular formula is C14H21N3O2S. The summed E-state index contributed by atoms with van der Waals surface area (Å²) < 4.78 is 28.3. The van der Waals surface area contributed by atoms with E-state index < -0.39 is 10.2 Å².